The molecular formula is C11H12N2O6. The molecule has 1 aromatic carbocycles. The van der Waals surface area contributed by atoms with Gasteiger partial charge in [-0.15, -0.1) is 0 Å². The largest absolute Gasteiger partial charge is 0.502 e. The zero-order valence-corrected chi connectivity index (χ0v) is 10.2. The van der Waals surface area contributed by atoms with E-state index in [-0.39, 0.29) is 5.56 Å². The second-order valence-electron chi connectivity index (χ2n) is 3.65. The van der Waals surface area contributed by atoms with Gasteiger partial charge in [0.2, 0.25) is 5.75 Å². The van der Waals surface area contributed by atoms with Crippen molar-refractivity contribution >= 4 is 17.6 Å². The number of carbonyl (C=O) groups excluding carboxylic acids is 2. The zero-order valence-electron chi connectivity index (χ0n) is 10.2. The molecule has 8 heteroatoms. The molecule has 1 rings (SSSR count). The van der Waals surface area contributed by atoms with E-state index >= 15 is 0 Å². The van der Waals surface area contributed by atoms with Gasteiger partial charge in [-0.2, -0.15) is 0 Å². The number of ether oxygens (including phenoxy) is 1. The Morgan fingerprint density at radius 2 is 2.11 bits per heavy atom. The summed E-state index contributed by atoms with van der Waals surface area (Å²) in [7, 11) is 1.16. The van der Waals surface area contributed by atoms with Crippen molar-refractivity contribution in [2.24, 2.45) is 0 Å². The molecule has 0 aromatic heterocycles. The number of benzene rings is 1. The van der Waals surface area contributed by atoms with Crippen LogP contribution in [0.1, 0.15) is 17.3 Å². The molecule has 0 spiro atoms. The molecule has 1 aromatic rings. The Bertz CT molecular complexity index is 528. The van der Waals surface area contributed by atoms with Gasteiger partial charge in [-0.3, -0.25) is 14.9 Å². The number of carbonyl (C=O) groups is 2. The van der Waals surface area contributed by atoms with E-state index in [0.717, 1.165) is 13.2 Å². The average molecular weight is 268 g/mol. The van der Waals surface area contributed by atoms with E-state index in [9.17, 15) is 24.8 Å². The zero-order chi connectivity index (χ0) is 14.6. The highest BCUT2D eigenvalue weighted by atomic mass is 16.6. The Hall–Kier alpha value is -2.64. The molecule has 1 amide bonds. The number of phenolic OH excluding ortho intramolecular Hbond substituents is 1. The molecule has 0 saturated carbocycles. The maximum Gasteiger partial charge on any atom is 0.328 e. The van der Waals surface area contributed by atoms with Crippen molar-refractivity contribution in [3.8, 4) is 5.75 Å². The Morgan fingerprint density at radius 3 is 2.63 bits per heavy atom. The monoisotopic (exact) mass is 268 g/mol. The van der Waals surface area contributed by atoms with Crippen LogP contribution < -0.4 is 5.32 Å². The molecule has 0 bridgehead atoms. The van der Waals surface area contributed by atoms with Crippen LogP contribution in [0.15, 0.2) is 18.2 Å². The first-order chi connectivity index (χ1) is 8.88. The summed E-state index contributed by atoms with van der Waals surface area (Å²) in [6.45, 7) is 1.39. The van der Waals surface area contributed by atoms with E-state index < -0.39 is 34.3 Å². The highest BCUT2D eigenvalue weighted by Gasteiger charge is 2.23. The molecule has 0 saturated heterocycles. The minimum Gasteiger partial charge on any atom is -0.502 e. The van der Waals surface area contributed by atoms with E-state index in [4.69, 9.17) is 0 Å². The van der Waals surface area contributed by atoms with Crippen LogP contribution in [0.4, 0.5) is 5.69 Å². The molecule has 0 radical (unpaired) electrons. The molecule has 102 valence electrons. The predicted octanol–water partition coefficient (Wildman–Crippen LogP) is 0.592. The van der Waals surface area contributed by atoms with Gasteiger partial charge in [0.15, 0.2) is 0 Å². The van der Waals surface area contributed by atoms with Crippen LogP contribution in [-0.2, 0) is 9.53 Å². The first-order valence-corrected chi connectivity index (χ1v) is 5.23. The molecule has 0 heterocycles. The third kappa shape index (κ3) is 3.18. The third-order valence-corrected chi connectivity index (χ3v) is 2.36. The summed E-state index contributed by atoms with van der Waals surface area (Å²) in [5.41, 5.74) is -0.872. The number of methoxy groups -OCH3 is 1. The Kier molecular flexibility index (Phi) is 4.41. The highest BCUT2D eigenvalue weighted by molar-refractivity contribution is 5.99. The van der Waals surface area contributed by atoms with E-state index in [0.29, 0.717) is 0 Å². The first kappa shape index (κ1) is 14.4. The Labute approximate surface area is 108 Å². The lowest BCUT2D eigenvalue weighted by Crippen LogP contribution is -2.39. The number of amides is 1. The predicted molar refractivity (Wildman–Crippen MR) is 63.7 cm³/mol. The number of para-hydroxylation sites is 1. The second-order valence-corrected chi connectivity index (χ2v) is 3.65. The highest BCUT2D eigenvalue weighted by Crippen LogP contribution is 2.29. The SMILES string of the molecule is COC(=O)C(C)NC(=O)c1cccc([N+](=O)[O-])c1O. The Morgan fingerprint density at radius 1 is 1.47 bits per heavy atom. The normalized spacial score (nSPS) is 11.5. The van der Waals surface area contributed by atoms with Crippen molar-refractivity contribution in [1.82, 2.24) is 5.32 Å². The number of nitrogens with one attached hydrogen (secondary N) is 1. The van der Waals surface area contributed by atoms with E-state index in [1.54, 1.807) is 0 Å². The average Bonchev–Trinajstić information content (AvgIpc) is 2.37. The summed E-state index contributed by atoms with van der Waals surface area (Å²) in [6.07, 6.45) is 0. The van der Waals surface area contributed by atoms with Crippen LogP contribution >= 0.6 is 0 Å². The number of nitrogens with zero attached hydrogens (tertiary/aromatic N) is 1. The van der Waals surface area contributed by atoms with Crippen molar-refractivity contribution in [2.45, 2.75) is 13.0 Å². The molecule has 1 atom stereocenters. The van der Waals surface area contributed by atoms with Crippen molar-refractivity contribution in [3.63, 3.8) is 0 Å². The van der Waals surface area contributed by atoms with Crippen LogP contribution in [-0.4, -0.2) is 35.1 Å². The molecular weight excluding hydrogens is 256 g/mol. The fraction of sp³-hybridized carbons (Fsp3) is 0.273. The Balaban J connectivity index is 2.98. The summed E-state index contributed by atoms with van der Waals surface area (Å²) in [5, 5.41) is 22.5. The lowest BCUT2D eigenvalue weighted by Gasteiger charge is -2.12. The van der Waals surface area contributed by atoms with Gasteiger partial charge in [-0.25, -0.2) is 4.79 Å². The van der Waals surface area contributed by atoms with Crippen LogP contribution in [0.25, 0.3) is 0 Å². The molecule has 1 unspecified atom stereocenters. The molecule has 8 nitrogen and oxygen atoms in total. The number of hydrogen-bond acceptors (Lipinski definition) is 6. The second kappa shape index (κ2) is 5.80. The van der Waals surface area contributed by atoms with Gasteiger partial charge in [-0.05, 0) is 13.0 Å². The topological polar surface area (TPSA) is 119 Å². The quantitative estimate of drug-likeness (QED) is 0.468. The van der Waals surface area contributed by atoms with Crippen molar-refractivity contribution in [2.75, 3.05) is 7.11 Å². The maximum atomic E-state index is 11.8. The first-order valence-electron chi connectivity index (χ1n) is 5.23. The van der Waals surface area contributed by atoms with Crippen LogP contribution in [0.2, 0.25) is 0 Å². The van der Waals surface area contributed by atoms with Crippen LogP contribution in [0, 0.1) is 10.1 Å². The number of nitro benzene ring substituents is 1. The molecule has 2 N–H and O–H groups in total. The van der Waals surface area contributed by atoms with Gasteiger partial charge in [0, 0.05) is 6.07 Å². The third-order valence-electron chi connectivity index (χ3n) is 2.36. The number of rotatable bonds is 4. The van der Waals surface area contributed by atoms with E-state index in [1.165, 1.54) is 19.1 Å². The summed E-state index contributed by atoms with van der Waals surface area (Å²) in [6, 6.07) is 2.60. The minimum absolute atomic E-state index is 0.287. The molecule has 0 aliphatic carbocycles. The summed E-state index contributed by atoms with van der Waals surface area (Å²) >= 11 is 0. The van der Waals surface area contributed by atoms with Gasteiger partial charge in [0.25, 0.3) is 5.91 Å². The van der Waals surface area contributed by atoms with Crippen molar-refractivity contribution in [3.05, 3.63) is 33.9 Å². The molecule has 0 aliphatic rings. The van der Waals surface area contributed by atoms with Gasteiger partial charge >= 0.3 is 11.7 Å². The number of phenols is 1. The van der Waals surface area contributed by atoms with Gasteiger partial charge in [-0.1, -0.05) is 6.07 Å². The fourth-order valence-corrected chi connectivity index (χ4v) is 1.37. The summed E-state index contributed by atoms with van der Waals surface area (Å²) in [5.74, 6) is -2.22. The molecule has 0 aliphatic heterocycles. The van der Waals surface area contributed by atoms with Crippen molar-refractivity contribution < 1.29 is 24.4 Å². The van der Waals surface area contributed by atoms with Gasteiger partial charge < -0.3 is 15.2 Å². The standard InChI is InChI=1S/C11H12N2O6/c1-6(11(16)19-2)12-10(15)7-4-3-5-8(9(7)14)13(17)18/h3-6,14H,1-2H3,(H,12,15). The molecule has 19 heavy (non-hydrogen) atoms. The van der Waals surface area contributed by atoms with Gasteiger partial charge in [0.05, 0.1) is 17.6 Å². The minimum atomic E-state index is -0.934. The van der Waals surface area contributed by atoms with E-state index in [2.05, 4.69) is 10.1 Å². The van der Waals surface area contributed by atoms with Crippen molar-refractivity contribution in [1.29, 1.82) is 0 Å². The summed E-state index contributed by atoms with van der Waals surface area (Å²) in [4.78, 5) is 32.7. The van der Waals surface area contributed by atoms with Gasteiger partial charge in [0.1, 0.15) is 6.04 Å². The number of aromatic hydroxyl groups is 1. The molecule has 0 fully saturated rings. The number of nitro groups is 1. The fourth-order valence-electron chi connectivity index (χ4n) is 1.37. The van der Waals surface area contributed by atoms with Crippen LogP contribution in [0.3, 0.4) is 0 Å². The van der Waals surface area contributed by atoms with E-state index in [1.807, 2.05) is 0 Å². The maximum absolute atomic E-state index is 11.8. The summed E-state index contributed by atoms with van der Waals surface area (Å²) < 4.78 is 4.42. The number of esters is 1. The number of hydrogen-bond donors (Lipinski definition) is 2. The van der Waals surface area contributed by atoms with Crippen LogP contribution in [0.5, 0.6) is 5.75 Å². The lowest BCUT2D eigenvalue weighted by atomic mass is 10.1. The smallest absolute Gasteiger partial charge is 0.328 e. The lowest BCUT2D eigenvalue weighted by molar-refractivity contribution is -0.385.